The summed E-state index contributed by atoms with van der Waals surface area (Å²) >= 11 is 0. The number of piperidine rings is 2. The topological polar surface area (TPSA) is 22.2 Å². The molecule has 8 aliphatic heterocycles. The summed E-state index contributed by atoms with van der Waals surface area (Å²) in [6.45, 7) is 9.41. The summed E-state index contributed by atoms with van der Waals surface area (Å²) in [5.74, 6) is 2.16. The number of ether oxygens (including phenoxy) is 1. The van der Waals surface area contributed by atoms with Gasteiger partial charge in [0.05, 0.1) is 12.1 Å². The van der Waals surface area contributed by atoms with Crippen molar-refractivity contribution >= 4 is 11.4 Å². The van der Waals surface area contributed by atoms with Gasteiger partial charge in [-0.3, -0.25) is 9.80 Å². The lowest BCUT2D eigenvalue weighted by atomic mass is 9.51. The van der Waals surface area contributed by atoms with Crippen LogP contribution in [0.4, 0.5) is 11.4 Å². The minimum Gasteiger partial charge on any atom is -0.341 e. The molecule has 10 aliphatic rings. The number of para-hydroxylation sites is 2. The lowest BCUT2D eigenvalue weighted by Gasteiger charge is -2.69. The Morgan fingerprint density at radius 2 is 1.14 bits per heavy atom. The Bertz CT molecular complexity index is 1560. The number of benzene rings is 2. The van der Waals surface area contributed by atoms with Gasteiger partial charge in [0.2, 0.25) is 0 Å². The molecule has 5 heteroatoms. The maximum Gasteiger partial charge on any atom is 0.138 e. The Balaban J connectivity index is 1.16. The number of hydrogen-bond acceptors (Lipinski definition) is 5. The van der Waals surface area contributed by atoms with Gasteiger partial charge in [-0.15, -0.1) is 0 Å². The molecule has 6 bridgehead atoms. The van der Waals surface area contributed by atoms with Crippen molar-refractivity contribution in [3.63, 3.8) is 0 Å². The van der Waals surface area contributed by atoms with E-state index in [1.54, 1.807) is 22.3 Å². The van der Waals surface area contributed by atoms with Crippen LogP contribution in [-0.2, 0) is 15.6 Å². The number of anilines is 2. The largest absolute Gasteiger partial charge is 0.341 e. The van der Waals surface area contributed by atoms with Crippen molar-refractivity contribution in [2.24, 2.45) is 23.7 Å². The van der Waals surface area contributed by atoms with Gasteiger partial charge in [0.1, 0.15) is 12.5 Å². The monoisotopic (exact) mass is 570 g/mol. The Morgan fingerprint density at radius 1 is 0.674 bits per heavy atom. The van der Waals surface area contributed by atoms with E-state index < -0.39 is 0 Å². The molecular weight excluding hydrogens is 528 g/mol. The van der Waals surface area contributed by atoms with Gasteiger partial charge in [-0.2, -0.15) is 0 Å². The van der Waals surface area contributed by atoms with E-state index in [0.29, 0.717) is 47.8 Å². The molecule has 0 amide bonds. The Hall–Kier alpha value is -2.60. The lowest BCUT2D eigenvalue weighted by Crippen LogP contribution is -2.81. The van der Waals surface area contributed by atoms with Crippen LogP contribution >= 0.6 is 0 Å². The first-order chi connectivity index (χ1) is 21.2. The molecule has 12 rings (SSSR count). The highest BCUT2D eigenvalue weighted by atomic mass is 16.5. The molecule has 8 fully saturated rings. The van der Waals surface area contributed by atoms with E-state index in [0.717, 1.165) is 13.1 Å². The van der Waals surface area contributed by atoms with Crippen molar-refractivity contribution in [3.05, 3.63) is 83.0 Å². The summed E-state index contributed by atoms with van der Waals surface area (Å²) in [5.41, 5.74) is 10.2. The number of rotatable bonds is 0. The normalized spacial score (nSPS) is 50.7. The summed E-state index contributed by atoms with van der Waals surface area (Å²) in [5, 5.41) is 0. The second kappa shape index (κ2) is 7.43. The summed E-state index contributed by atoms with van der Waals surface area (Å²) in [7, 11) is 0. The van der Waals surface area contributed by atoms with Crippen LogP contribution in [0, 0.1) is 23.7 Å². The minimum atomic E-state index is 0.147. The van der Waals surface area contributed by atoms with Gasteiger partial charge < -0.3 is 14.5 Å². The zero-order valence-corrected chi connectivity index (χ0v) is 25.4. The number of allylic oxidation sites excluding steroid dienone is 2. The van der Waals surface area contributed by atoms with Gasteiger partial charge in [-0.05, 0) is 87.7 Å². The molecule has 2 saturated carbocycles. The van der Waals surface area contributed by atoms with Crippen LogP contribution in [0.1, 0.15) is 50.7 Å². The lowest BCUT2D eigenvalue weighted by molar-refractivity contribution is -0.198. The van der Waals surface area contributed by atoms with E-state index in [9.17, 15) is 0 Å². The molecule has 220 valence electrons. The maximum absolute atomic E-state index is 7.78. The Kier molecular flexibility index (Phi) is 4.10. The van der Waals surface area contributed by atoms with Gasteiger partial charge in [0, 0.05) is 59.2 Å². The van der Waals surface area contributed by atoms with E-state index in [4.69, 9.17) is 4.74 Å². The van der Waals surface area contributed by atoms with Crippen molar-refractivity contribution in [3.8, 4) is 0 Å². The molecule has 6 saturated heterocycles. The predicted octanol–water partition coefficient (Wildman–Crippen LogP) is 5.28. The molecule has 8 heterocycles. The third-order valence-corrected chi connectivity index (χ3v) is 15.3. The zero-order chi connectivity index (χ0) is 28.0. The molecule has 0 unspecified atom stereocenters. The molecule has 5 nitrogen and oxygen atoms in total. The molecule has 0 radical (unpaired) electrons. The van der Waals surface area contributed by atoms with Crippen LogP contribution < -0.4 is 9.80 Å². The van der Waals surface area contributed by atoms with Gasteiger partial charge in [-0.1, -0.05) is 59.7 Å². The number of fused-ring (bicyclic) bond motifs is 14. The third kappa shape index (κ3) is 2.28. The van der Waals surface area contributed by atoms with E-state index in [-0.39, 0.29) is 23.3 Å². The van der Waals surface area contributed by atoms with Crippen molar-refractivity contribution in [2.75, 3.05) is 36.0 Å². The van der Waals surface area contributed by atoms with Gasteiger partial charge in [-0.25, -0.2) is 0 Å². The number of hydrogen-bond donors (Lipinski definition) is 0. The van der Waals surface area contributed by atoms with Crippen LogP contribution in [0.3, 0.4) is 0 Å². The molecule has 2 aromatic carbocycles. The minimum absolute atomic E-state index is 0.147. The van der Waals surface area contributed by atoms with E-state index in [2.05, 4.69) is 94.1 Å². The van der Waals surface area contributed by atoms with Crippen LogP contribution in [0.5, 0.6) is 0 Å². The first-order valence-electron chi connectivity index (χ1n) is 17.4. The second-order valence-corrected chi connectivity index (χ2v) is 15.8. The van der Waals surface area contributed by atoms with E-state index in [1.165, 1.54) is 50.1 Å². The van der Waals surface area contributed by atoms with E-state index in [1.807, 2.05) is 0 Å². The fourth-order valence-electron chi connectivity index (χ4n) is 14.2. The summed E-state index contributed by atoms with van der Waals surface area (Å²) in [6.07, 6.45) is 10.5. The second-order valence-electron chi connectivity index (χ2n) is 15.8. The average Bonchev–Trinajstić information content (AvgIpc) is 3.80. The van der Waals surface area contributed by atoms with Crippen molar-refractivity contribution in [1.29, 1.82) is 0 Å². The van der Waals surface area contributed by atoms with Crippen molar-refractivity contribution in [2.45, 2.75) is 87.0 Å². The Labute approximate surface area is 255 Å². The molecule has 12 atom stereocenters. The smallest absolute Gasteiger partial charge is 0.138 e. The molecule has 43 heavy (non-hydrogen) atoms. The first kappa shape index (κ1) is 23.7. The van der Waals surface area contributed by atoms with Gasteiger partial charge >= 0.3 is 0 Å². The molecule has 0 aromatic heterocycles. The fraction of sp³-hybridized carbons (Fsp3) is 0.579. The summed E-state index contributed by atoms with van der Waals surface area (Å²) < 4.78 is 7.78. The molecular formula is C38H42N4O. The quantitative estimate of drug-likeness (QED) is 0.401. The molecule has 2 aliphatic carbocycles. The highest BCUT2D eigenvalue weighted by molar-refractivity contribution is 5.73. The van der Waals surface area contributed by atoms with Crippen LogP contribution in [0.25, 0.3) is 0 Å². The summed E-state index contributed by atoms with van der Waals surface area (Å²) in [4.78, 5) is 11.7. The highest BCUT2D eigenvalue weighted by Gasteiger charge is 2.78. The van der Waals surface area contributed by atoms with Crippen LogP contribution in [-0.4, -0.2) is 72.6 Å². The van der Waals surface area contributed by atoms with Gasteiger partial charge in [0.25, 0.3) is 0 Å². The van der Waals surface area contributed by atoms with Crippen LogP contribution in [0.15, 0.2) is 71.8 Å². The van der Waals surface area contributed by atoms with E-state index >= 15 is 0 Å². The van der Waals surface area contributed by atoms with Crippen molar-refractivity contribution < 1.29 is 4.74 Å². The standard InChI is InChI=1S/C38H42N4O/c1-3-21-19-39-15-13-37-25-9-5-7-11-27(25)41-33(37)31(23(21)17-29(37)39)35-42-28-12-8-6-10-26(28)38-14-16-40-20-22(4-2)24(18-30(38)40)32(34(38)42)36(41)43-35/h3-12,23-24,29-36H,13-20H2,1-2H3/b21-3-,22-4?/t23-,24+,29-,30-,31-,32-,33-,34-,35-,36-,37+,38+/m0/s1. The van der Waals surface area contributed by atoms with Crippen molar-refractivity contribution in [1.82, 2.24) is 9.80 Å². The molecule has 2 spiro atoms. The number of nitrogens with zero attached hydrogens (tertiary/aromatic N) is 4. The zero-order valence-electron chi connectivity index (χ0n) is 25.4. The summed E-state index contributed by atoms with van der Waals surface area (Å²) in [6, 6.07) is 21.7. The predicted molar refractivity (Wildman–Crippen MR) is 168 cm³/mol. The Morgan fingerprint density at radius 3 is 1.60 bits per heavy atom. The molecule has 0 N–H and O–H groups in total. The average molecular weight is 571 g/mol. The first-order valence-corrected chi connectivity index (χ1v) is 17.4. The molecule has 2 aromatic rings. The van der Waals surface area contributed by atoms with Gasteiger partial charge in [0.15, 0.2) is 0 Å². The maximum atomic E-state index is 7.78. The SMILES string of the molecule is CC=C1CN2CC[C@]34c5ccccc5N5[C@H]3[C@H]([C@@H]1C[C@H]24)[C@@H]1O[C@H]5[C@@H]2[C@@H]3N1c1ccccc1[C@@]31CCN3C/C(=C/C)[C@@H]2C[C@H]31. The van der Waals surface area contributed by atoms with Crippen LogP contribution in [0.2, 0.25) is 0 Å². The highest BCUT2D eigenvalue weighted by Crippen LogP contribution is 2.72. The fourth-order valence-corrected chi connectivity index (χ4v) is 14.2. The third-order valence-electron chi connectivity index (χ3n) is 15.3.